The summed E-state index contributed by atoms with van der Waals surface area (Å²) >= 11 is 11.7. The van der Waals surface area contributed by atoms with E-state index < -0.39 is 0 Å². The number of carbonyl (C=O) groups excluding carboxylic acids is 1. The Morgan fingerprint density at radius 1 is 1.27 bits per heavy atom. The summed E-state index contributed by atoms with van der Waals surface area (Å²) in [4.78, 5) is 11.9. The number of aromatic amines is 1. The summed E-state index contributed by atoms with van der Waals surface area (Å²) in [5, 5.41) is 13.7. The second-order valence-corrected chi connectivity index (χ2v) is 5.40. The van der Waals surface area contributed by atoms with Gasteiger partial charge in [0.15, 0.2) is 0 Å². The van der Waals surface area contributed by atoms with E-state index in [1.54, 1.807) is 24.4 Å². The van der Waals surface area contributed by atoms with Crippen LogP contribution in [0.4, 0.5) is 0 Å². The maximum atomic E-state index is 11.9. The van der Waals surface area contributed by atoms with Gasteiger partial charge in [0, 0.05) is 36.5 Å². The number of benzene rings is 1. The molecule has 0 saturated heterocycles. The molecule has 0 radical (unpaired) electrons. The molecule has 5 nitrogen and oxygen atoms in total. The fourth-order valence-corrected chi connectivity index (χ4v) is 2.08. The lowest BCUT2D eigenvalue weighted by molar-refractivity contribution is 0.0954. The maximum Gasteiger partial charge on any atom is 0.251 e. The highest BCUT2D eigenvalue weighted by Crippen LogP contribution is 2.22. The van der Waals surface area contributed by atoms with Crippen molar-refractivity contribution in [1.82, 2.24) is 20.8 Å². The quantitative estimate of drug-likeness (QED) is 0.691. The second kappa shape index (κ2) is 9.00. The van der Waals surface area contributed by atoms with Crippen LogP contribution in [0.25, 0.3) is 0 Å². The van der Waals surface area contributed by atoms with E-state index in [-0.39, 0.29) is 18.3 Å². The fourth-order valence-electron chi connectivity index (χ4n) is 1.78. The summed E-state index contributed by atoms with van der Waals surface area (Å²) in [6, 6.07) is 4.81. The molecular formula is C14H17Cl3N4O. The van der Waals surface area contributed by atoms with Crippen LogP contribution >= 0.6 is 35.6 Å². The van der Waals surface area contributed by atoms with Gasteiger partial charge in [0.1, 0.15) is 0 Å². The van der Waals surface area contributed by atoms with E-state index in [2.05, 4.69) is 20.8 Å². The van der Waals surface area contributed by atoms with Crippen molar-refractivity contribution in [1.29, 1.82) is 0 Å². The third-order valence-corrected chi connectivity index (χ3v) is 3.76. The normalized spacial score (nSPS) is 10.1. The van der Waals surface area contributed by atoms with E-state index in [4.69, 9.17) is 23.2 Å². The van der Waals surface area contributed by atoms with E-state index in [9.17, 15) is 4.79 Å². The average molecular weight is 364 g/mol. The number of rotatable bonds is 6. The summed E-state index contributed by atoms with van der Waals surface area (Å²) in [5.41, 5.74) is 2.66. The molecule has 8 heteroatoms. The number of hydrogen-bond acceptors (Lipinski definition) is 3. The molecule has 0 aliphatic carbocycles. The first-order valence-electron chi connectivity index (χ1n) is 6.50. The third kappa shape index (κ3) is 5.18. The smallest absolute Gasteiger partial charge is 0.251 e. The van der Waals surface area contributed by atoms with E-state index in [1.807, 2.05) is 6.92 Å². The van der Waals surface area contributed by atoms with Crippen molar-refractivity contribution in [2.24, 2.45) is 0 Å². The molecule has 0 aliphatic heterocycles. The summed E-state index contributed by atoms with van der Waals surface area (Å²) in [5.74, 6) is -0.171. The molecule has 1 aromatic heterocycles. The Kier molecular flexibility index (Phi) is 7.68. The predicted molar refractivity (Wildman–Crippen MR) is 91.1 cm³/mol. The molecule has 1 heterocycles. The summed E-state index contributed by atoms with van der Waals surface area (Å²) in [7, 11) is 0. The largest absolute Gasteiger partial charge is 0.351 e. The molecule has 1 aromatic carbocycles. The van der Waals surface area contributed by atoms with Crippen LogP contribution in [0.5, 0.6) is 0 Å². The zero-order chi connectivity index (χ0) is 15.2. The van der Waals surface area contributed by atoms with Gasteiger partial charge in [-0.05, 0) is 25.1 Å². The fraction of sp³-hybridized carbons (Fsp3) is 0.286. The number of hydrogen-bond donors (Lipinski definition) is 3. The standard InChI is InChI=1S/C14H16Cl2N4O.ClH/c1-9-11(8-19-20-9)7-17-4-5-18-14(21)10-2-3-12(15)13(16)6-10;/h2-3,6,8,17H,4-5,7H2,1H3,(H,18,21)(H,19,20);1H. The zero-order valence-corrected chi connectivity index (χ0v) is 14.3. The number of aryl methyl sites for hydroxylation is 1. The van der Waals surface area contributed by atoms with Gasteiger partial charge in [-0.15, -0.1) is 12.4 Å². The first-order chi connectivity index (χ1) is 10.1. The van der Waals surface area contributed by atoms with Gasteiger partial charge < -0.3 is 10.6 Å². The molecule has 0 atom stereocenters. The number of H-pyrrole nitrogens is 1. The van der Waals surface area contributed by atoms with Gasteiger partial charge in [-0.1, -0.05) is 23.2 Å². The van der Waals surface area contributed by atoms with Crippen molar-refractivity contribution < 1.29 is 4.79 Å². The molecule has 0 spiro atoms. The first kappa shape index (κ1) is 18.8. The Labute approximate surface area is 145 Å². The number of carbonyl (C=O) groups is 1. The Bertz CT molecular complexity index is 630. The van der Waals surface area contributed by atoms with Crippen LogP contribution in [0, 0.1) is 6.92 Å². The molecule has 120 valence electrons. The molecule has 22 heavy (non-hydrogen) atoms. The lowest BCUT2D eigenvalue weighted by Crippen LogP contribution is -2.31. The van der Waals surface area contributed by atoms with Crippen molar-refractivity contribution in [2.75, 3.05) is 13.1 Å². The molecule has 0 saturated carbocycles. The number of nitrogens with zero attached hydrogens (tertiary/aromatic N) is 1. The predicted octanol–water partition coefficient (Wildman–Crippen LogP) is 2.97. The van der Waals surface area contributed by atoms with Gasteiger partial charge >= 0.3 is 0 Å². The van der Waals surface area contributed by atoms with Gasteiger partial charge in [0.25, 0.3) is 5.91 Å². The van der Waals surface area contributed by atoms with Crippen molar-refractivity contribution in [3.8, 4) is 0 Å². The Hall–Kier alpha value is -1.27. The molecule has 0 unspecified atom stereocenters. The molecule has 0 fully saturated rings. The summed E-state index contributed by atoms with van der Waals surface area (Å²) in [6.45, 7) is 3.87. The molecule has 2 rings (SSSR count). The molecule has 0 bridgehead atoms. The monoisotopic (exact) mass is 362 g/mol. The molecule has 1 amide bonds. The van der Waals surface area contributed by atoms with Crippen molar-refractivity contribution in [3.05, 3.63) is 51.3 Å². The highest BCUT2D eigenvalue weighted by atomic mass is 35.5. The van der Waals surface area contributed by atoms with E-state index >= 15 is 0 Å². The van der Waals surface area contributed by atoms with Crippen molar-refractivity contribution in [3.63, 3.8) is 0 Å². The van der Waals surface area contributed by atoms with Crippen LogP contribution in [-0.4, -0.2) is 29.2 Å². The van der Waals surface area contributed by atoms with Gasteiger partial charge in [0.2, 0.25) is 0 Å². The highest BCUT2D eigenvalue weighted by Gasteiger charge is 2.07. The highest BCUT2D eigenvalue weighted by molar-refractivity contribution is 6.42. The van der Waals surface area contributed by atoms with Crippen LogP contribution < -0.4 is 10.6 Å². The number of amides is 1. The maximum absolute atomic E-state index is 11.9. The van der Waals surface area contributed by atoms with Gasteiger partial charge in [0.05, 0.1) is 16.2 Å². The average Bonchev–Trinajstić information content (AvgIpc) is 2.87. The summed E-state index contributed by atoms with van der Waals surface area (Å²) in [6.07, 6.45) is 1.79. The Morgan fingerprint density at radius 3 is 2.68 bits per heavy atom. The first-order valence-corrected chi connectivity index (χ1v) is 7.26. The van der Waals surface area contributed by atoms with E-state index in [0.717, 1.165) is 11.3 Å². The third-order valence-electron chi connectivity index (χ3n) is 3.02. The molecule has 3 N–H and O–H groups in total. The van der Waals surface area contributed by atoms with Gasteiger partial charge in [-0.2, -0.15) is 5.10 Å². The lowest BCUT2D eigenvalue weighted by Gasteiger charge is -2.07. The van der Waals surface area contributed by atoms with Gasteiger partial charge in [-0.3, -0.25) is 9.89 Å². The summed E-state index contributed by atoms with van der Waals surface area (Å²) < 4.78 is 0. The number of aromatic nitrogens is 2. The van der Waals surface area contributed by atoms with Crippen LogP contribution in [0.2, 0.25) is 10.0 Å². The number of nitrogens with one attached hydrogen (secondary N) is 3. The van der Waals surface area contributed by atoms with Crippen molar-refractivity contribution in [2.45, 2.75) is 13.5 Å². The zero-order valence-electron chi connectivity index (χ0n) is 12.0. The van der Waals surface area contributed by atoms with Crippen LogP contribution in [0.3, 0.4) is 0 Å². The van der Waals surface area contributed by atoms with Crippen LogP contribution in [0.1, 0.15) is 21.6 Å². The minimum absolute atomic E-state index is 0. The minimum atomic E-state index is -0.171. The van der Waals surface area contributed by atoms with Crippen LogP contribution in [-0.2, 0) is 6.54 Å². The SMILES string of the molecule is Cc1[nH]ncc1CNCCNC(=O)c1ccc(Cl)c(Cl)c1.Cl. The molecule has 0 aliphatic rings. The van der Waals surface area contributed by atoms with Crippen LogP contribution in [0.15, 0.2) is 24.4 Å². The molecular weight excluding hydrogens is 347 g/mol. The number of halogens is 3. The second-order valence-electron chi connectivity index (χ2n) is 4.58. The minimum Gasteiger partial charge on any atom is -0.351 e. The topological polar surface area (TPSA) is 69.8 Å². The lowest BCUT2D eigenvalue weighted by atomic mass is 10.2. The van der Waals surface area contributed by atoms with Crippen molar-refractivity contribution >= 4 is 41.5 Å². The molecule has 2 aromatic rings. The van der Waals surface area contributed by atoms with E-state index in [0.29, 0.717) is 35.2 Å². The Balaban J connectivity index is 0.00000242. The van der Waals surface area contributed by atoms with E-state index in [1.165, 1.54) is 0 Å². The Morgan fingerprint density at radius 2 is 2.05 bits per heavy atom. The van der Waals surface area contributed by atoms with Gasteiger partial charge in [-0.25, -0.2) is 0 Å².